The van der Waals surface area contributed by atoms with E-state index in [0.717, 1.165) is 35.5 Å². The van der Waals surface area contributed by atoms with E-state index in [1.165, 1.54) is 0 Å². The molecule has 1 amide bonds. The molecular weight excluding hydrogens is 308 g/mol. The van der Waals surface area contributed by atoms with Gasteiger partial charge in [-0.15, -0.1) is 0 Å². The Balaban J connectivity index is 2.27. The van der Waals surface area contributed by atoms with Gasteiger partial charge in [0.25, 0.3) is 0 Å². The maximum absolute atomic E-state index is 11.4. The lowest BCUT2D eigenvalue weighted by atomic mass is 9.93. The highest BCUT2D eigenvalue weighted by Crippen LogP contribution is 2.27. The third-order valence-electron chi connectivity index (χ3n) is 3.62. The van der Waals surface area contributed by atoms with Crippen molar-refractivity contribution in [2.24, 2.45) is 11.7 Å². The van der Waals surface area contributed by atoms with Crippen molar-refractivity contribution in [2.45, 2.75) is 39.2 Å². The van der Waals surface area contributed by atoms with Gasteiger partial charge in [0, 0.05) is 25.1 Å². The maximum atomic E-state index is 11.4. The summed E-state index contributed by atoms with van der Waals surface area (Å²) in [7, 11) is 0. The molecule has 0 bridgehead atoms. The van der Waals surface area contributed by atoms with E-state index in [1.807, 2.05) is 13.0 Å². The van der Waals surface area contributed by atoms with Gasteiger partial charge in [-0.05, 0) is 35.7 Å². The Kier molecular flexibility index (Phi) is 4.39. The number of hydrogen-bond acceptors (Lipinski definition) is 4. The summed E-state index contributed by atoms with van der Waals surface area (Å²) < 4.78 is 0.780. The van der Waals surface area contributed by atoms with Gasteiger partial charge in [-0.3, -0.25) is 4.79 Å². The summed E-state index contributed by atoms with van der Waals surface area (Å²) in [6.07, 6.45) is 2.60. The zero-order chi connectivity index (χ0) is 14.0. The quantitative estimate of drug-likeness (QED) is 0.861. The summed E-state index contributed by atoms with van der Waals surface area (Å²) in [6.45, 7) is 4.82. The minimum absolute atomic E-state index is 0.0879. The van der Waals surface area contributed by atoms with Crippen LogP contribution in [0.1, 0.15) is 32.5 Å². The lowest BCUT2D eigenvalue weighted by molar-refractivity contribution is -0.122. The Hall–Kier alpha value is -1.17. The molecule has 104 valence electrons. The van der Waals surface area contributed by atoms with Crippen molar-refractivity contribution in [1.82, 2.24) is 9.97 Å². The summed E-state index contributed by atoms with van der Waals surface area (Å²) in [5.74, 6) is 1.37. The van der Waals surface area contributed by atoms with Crippen molar-refractivity contribution in [3.8, 4) is 0 Å². The molecule has 1 fully saturated rings. The van der Waals surface area contributed by atoms with Crippen molar-refractivity contribution in [3.63, 3.8) is 0 Å². The fraction of sp³-hybridized carbons (Fsp3) is 0.615. The molecule has 0 aromatic carbocycles. The fourth-order valence-electron chi connectivity index (χ4n) is 2.42. The van der Waals surface area contributed by atoms with Crippen LogP contribution in [0.25, 0.3) is 0 Å². The van der Waals surface area contributed by atoms with Crippen molar-refractivity contribution in [1.29, 1.82) is 0 Å². The van der Waals surface area contributed by atoms with Gasteiger partial charge in [0.05, 0.1) is 5.92 Å². The van der Waals surface area contributed by atoms with Gasteiger partial charge in [0.1, 0.15) is 16.2 Å². The molecule has 0 spiro atoms. The van der Waals surface area contributed by atoms with E-state index in [-0.39, 0.29) is 11.8 Å². The Morgan fingerprint density at radius 2 is 2.26 bits per heavy atom. The van der Waals surface area contributed by atoms with Gasteiger partial charge in [-0.25, -0.2) is 9.97 Å². The predicted molar refractivity (Wildman–Crippen MR) is 77.8 cm³/mol. The lowest BCUT2D eigenvalue weighted by Crippen LogP contribution is -2.46. The molecule has 19 heavy (non-hydrogen) atoms. The van der Waals surface area contributed by atoms with E-state index in [1.54, 1.807) is 0 Å². The summed E-state index contributed by atoms with van der Waals surface area (Å²) in [5.41, 5.74) is 5.43. The SMILES string of the molecule is CCc1nc(Br)cc(N2CC(C(N)=O)CCC2C)n1. The molecule has 1 aliphatic heterocycles. The van der Waals surface area contributed by atoms with Crippen LogP contribution in [0.15, 0.2) is 10.7 Å². The Morgan fingerprint density at radius 1 is 1.53 bits per heavy atom. The van der Waals surface area contributed by atoms with Crippen molar-refractivity contribution in [2.75, 3.05) is 11.4 Å². The number of nitrogens with two attached hydrogens (primary N) is 1. The smallest absolute Gasteiger partial charge is 0.222 e. The Labute approximate surface area is 121 Å². The Bertz CT molecular complexity index is 480. The van der Waals surface area contributed by atoms with Crippen LogP contribution in [0.5, 0.6) is 0 Å². The van der Waals surface area contributed by atoms with Crippen LogP contribution in [-0.4, -0.2) is 28.5 Å². The number of aromatic nitrogens is 2. The van der Waals surface area contributed by atoms with E-state index in [0.29, 0.717) is 12.6 Å². The van der Waals surface area contributed by atoms with E-state index in [9.17, 15) is 4.79 Å². The topological polar surface area (TPSA) is 72.1 Å². The fourth-order valence-corrected chi connectivity index (χ4v) is 2.82. The number of primary amides is 1. The molecule has 0 aliphatic carbocycles. The molecule has 0 radical (unpaired) electrons. The van der Waals surface area contributed by atoms with E-state index in [2.05, 4.69) is 37.7 Å². The van der Waals surface area contributed by atoms with E-state index < -0.39 is 0 Å². The van der Waals surface area contributed by atoms with Crippen LogP contribution in [0.2, 0.25) is 0 Å². The largest absolute Gasteiger partial charge is 0.369 e. The number of carbonyl (C=O) groups excluding carboxylic acids is 1. The van der Waals surface area contributed by atoms with Gasteiger partial charge in [-0.1, -0.05) is 6.92 Å². The number of carbonyl (C=O) groups is 1. The van der Waals surface area contributed by atoms with Crippen LogP contribution in [-0.2, 0) is 11.2 Å². The first-order chi connectivity index (χ1) is 9.01. The van der Waals surface area contributed by atoms with Gasteiger partial charge in [-0.2, -0.15) is 0 Å². The predicted octanol–water partition coefficient (Wildman–Crippen LogP) is 1.89. The van der Waals surface area contributed by atoms with Crippen LogP contribution < -0.4 is 10.6 Å². The van der Waals surface area contributed by atoms with Gasteiger partial charge in [0.2, 0.25) is 5.91 Å². The normalized spacial score (nSPS) is 23.4. The molecule has 2 heterocycles. The second-order valence-electron chi connectivity index (χ2n) is 5.00. The van der Waals surface area contributed by atoms with Crippen LogP contribution in [0, 0.1) is 5.92 Å². The molecule has 2 rings (SSSR count). The van der Waals surface area contributed by atoms with Crippen LogP contribution in [0.3, 0.4) is 0 Å². The molecule has 2 unspecified atom stereocenters. The molecule has 1 aliphatic rings. The maximum Gasteiger partial charge on any atom is 0.222 e. The Morgan fingerprint density at radius 3 is 2.89 bits per heavy atom. The number of anilines is 1. The lowest BCUT2D eigenvalue weighted by Gasteiger charge is -2.37. The number of halogens is 1. The first-order valence-corrected chi connectivity index (χ1v) is 7.40. The number of nitrogens with zero attached hydrogens (tertiary/aromatic N) is 3. The summed E-state index contributed by atoms with van der Waals surface area (Å²) in [6, 6.07) is 2.26. The molecule has 1 aromatic rings. The zero-order valence-corrected chi connectivity index (χ0v) is 12.9. The second kappa shape index (κ2) is 5.86. The minimum atomic E-state index is -0.222. The second-order valence-corrected chi connectivity index (χ2v) is 5.81. The highest BCUT2D eigenvalue weighted by atomic mass is 79.9. The first-order valence-electron chi connectivity index (χ1n) is 6.60. The molecule has 2 atom stereocenters. The summed E-state index contributed by atoms with van der Waals surface area (Å²) in [5, 5.41) is 0. The molecule has 2 N–H and O–H groups in total. The monoisotopic (exact) mass is 326 g/mol. The number of piperidine rings is 1. The minimum Gasteiger partial charge on any atom is -0.369 e. The summed E-state index contributed by atoms with van der Waals surface area (Å²) in [4.78, 5) is 22.4. The number of amides is 1. The molecule has 0 saturated carbocycles. The highest BCUT2D eigenvalue weighted by Gasteiger charge is 2.29. The van der Waals surface area contributed by atoms with Crippen molar-refractivity contribution in [3.05, 3.63) is 16.5 Å². The number of hydrogen-bond donors (Lipinski definition) is 1. The highest BCUT2D eigenvalue weighted by molar-refractivity contribution is 9.10. The third-order valence-corrected chi connectivity index (χ3v) is 4.03. The van der Waals surface area contributed by atoms with Crippen LogP contribution in [0.4, 0.5) is 5.82 Å². The number of rotatable bonds is 3. The molecule has 1 aromatic heterocycles. The van der Waals surface area contributed by atoms with E-state index in [4.69, 9.17) is 5.73 Å². The van der Waals surface area contributed by atoms with Gasteiger partial charge in [0.15, 0.2) is 0 Å². The van der Waals surface area contributed by atoms with Crippen LogP contribution >= 0.6 is 15.9 Å². The average molecular weight is 327 g/mol. The molecule has 1 saturated heterocycles. The molecule has 5 nitrogen and oxygen atoms in total. The van der Waals surface area contributed by atoms with Gasteiger partial charge >= 0.3 is 0 Å². The standard InChI is InChI=1S/C13H19BrN4O/c1-3-11-16-10(14)6-12(17-11)18-7-9(13(15)19)5-4-8(18)2/h6,8-9H,3-5,7H2,1-2H3,(H2,15,19). The van der Waals surface area contributed by atoms with Gasteiger partial charge < -0.3 is 10.6 Å². The number of aryl methyl sites for hydroxylation is 1. The van der Waals surface area contributed by atoms with Crippen molar-refractivity contribution < 1.29 is 4.79 Å². The average Bonchev–Trinajstić information content (AvgIpc) is 2.38. The third kappa shape index (κ3) is 3.23. The summed E-state index contributed by atoms with van der Waals surface area (Å²) >= 11 is 3.41. The van der Waals surface area contributed by atoms with Crippen molar-refractivity contribution >= 4 is 27.7 Å². The molecular formula is C13H19BrN4O. The van der Waals surface area contributed by atoms with E-state index >= 15 is 0 Å². The zero-order valence-electron chi connectivity index (χ0n) is 11.3. The first kappa shape index (κ1) is 14.2. The molecule has 6 heteroatoms.